The normalized spacial score (nSPS) is 16.0. The molecular formula is C21H25ClN2O3. The molecule has 2 aromatic carbocycles. The Morgan fingerprint density at radius 1 is 1.30 bits per heavy atom. The Labute approximate surface area is 164 Å². The average Bonchev–Trinajstić information content (AvgIpc) is 2.69. The maximum atomic E-state index is 12.9. The number of rotatable bonds is 5. The van der Waals surface area contributed by atoms with Gasteiger partial charge in [0, 0.05) is 31.2 Å². The van der Waals surface area contributed by atoms with Crippen LogP contribution < -0.4 is 15.8 Å². The molecule has 0 spiro atoms. The number of anilines is 1. The summed E-state index contributed by atoms with van der Waals surface area (Å²) in [4.78, 5) is 12.9. The van der Waals surface area contributed by atoms with Gasteiger partial charge in [-0.25, -0.2) is 0 Å². The minimum atomic E-state index is -0.229. The fourth-order valence-electron chi connectivity index (χ4n) is 3.73. The van der Waals surface area contributed by atoms with E-state index in [2.05, 4.69) is 24.4 Å². The molecule has 3 rings (SSSR count). The Balaban J connectivity index is 1.85. The minimum absolute atomic E-state index is 0.149. The molecule has 144 valence electrons. The molecule has 0 aliphatic carbocycles. The number of nitrogen functional groups attached to an aromatic ring is 1. The Bertz CT molecular complexity index is 832. The highest BCUT2D eigenvalue weighted by molar-refractivity contribution is 6.33. The monoisotopic (exact) mass is 388 g/mol. The van der Waals surface area contributed by atoms with Gasteiger partial charge in [-0.05, 0) is 37.0 Å². The highest BCUT2D eigenvalue weighted by Gasteiger charge is 2.36. The lowest BCUT2D eigenvalue weighted by atomic mass is 9.72. The van der Waals surface area contributed by atoms with Gasteiger partial charge in [0.25, 0.3) is 5.91 Å². The smallest absolute Gasteiger partial charge is 0.255 e. The third kappa shape index (κ3) is 4.04. The third-order valence-corrected chi connectivity index (χ3v) is 5.64. The van der Waals surface area contributed by atoms with Crippen molar-refractivity contribution in [3.8, 4) is 5.75 Å². The van der Waals surface area contributed by atoms with Gasteiger partial charge in [-0.2, -0.15) is 0 Å². The molecular weight excluding hydrogens is 364 g/mol. The molecule has 1 amide bonds. The Kier molecular flexibility index (Phi) is 5.92. The Hall–Kier alpha value is -2.24. The predicted octanol–water partition coefficient (Wildman–Crippen LogP) is 3.72. The first-order valence-corrected chi connectivity index (χ1v) is 9.40. The van der Waals surface area contributed by atoms with Crippen LogP contribution in [0.5, 0.6) is 5.75 Å². The molecule has 0 aromatic heterocycles. The molecule has 5 nitrogen and oxygen atoms in total. The summed E-state index contributed by atoms with van der Waals surface area (Å²) in [6.45, 7) is 3.99. The summed E-state index contributed by atoms with van der Waals surface area (Å²) < 4.78 is 10.9. The van der Waals surface area contributed by atoms with Crippen molar-refractivity contribution in [3.63, 3.8) is 0 Å². The maximum Gasteiger partial charge on any atom is 0.255 e. The molecule has 3 N–H and O–H groups in total. The Morgan fingerprint density at radius 3 is 2.67 bits per heavy atom. The number of ether oxygens (including phenoxy) is 2. The second-order valence-corrected chi connectivity index (χ2v) is 7.37. The van der Waals surface area contributed by atoms with Crippen LogP contribution in [-0.2, 0) is 10.2 Å². The maximum absolute atomic E-state index is 12.9. The van der Waals surface area contributed by atoms with Gasteiger partial charge in [-0.15, -0.1) is 0 Å². The number of amides is 1. The molecule has 1 aliphatic heterocycles. The van der Waals surface area contributed by atoms with Gasteiger partial charge in [-0.3, -0.25) is 4.79 Å². The molecule has 1 heterocycles. The fraction of sp³-hybridized carbons (Fsp3) is 0.381. The average molecular weight is 389 g/mol. The van der Waals surface area contributed by atoms with E-state index in [0.29, 0.717) is 41.8 Å². The lowest BCUT2D eigenvalue weighted by Gasteiger charge is -2.39. The second kappa shape index (κ2) is 8.19. The molecule has 0 atom stereocenters. The van der Waals surface area contributed by atoms with Crippen molar-refractivity contribution in [2.45, 2.75) is 25.2 Å². The number of hydrogen-bond donors (Lipinski definition) is 2. The zero-order chi connectivity index (χ0) is 19.4. The summed E-state index contributed by atoms with van der Waals surface area (Å²) in [5.41, 5.74) is 8.91. The van der Waals surface area contributed by atoms with Crippen LogP contribution in [0.1, 0.15) is 34.3 Å². The summed E-state index contributed by atoms with van der Waals surface area (Å²) >= 11 is 6.10. The molecule has 0 saturated carbocycles. The molecule has 0 unspecified atom stereocenters. The van der Waals surface area contributed by atoms with Gasteiger partial charge in [0.05, 0.1) is 23.4 Å². The zero-order valence-corrected chi connectivity index (χ0v) is 16.4. The summed E-state index contributed by atoms with van der Waals surface area (Å²) in [7, 11) is 1.51. The number of methoxy groups -OCH3 is 1. The highest BCUT2D eigenvalue weighted by Crippen LogP contribution is 2.36. The topological polar surface area (TPSA) is 73.6 Å². The molecule has 2 aromatic rings. The van der Waals surface area contributed by atoms with Crippen LogP contribution in [0.3, 0.4) is 0 Å². The van der Waals surface area contributed by atoms with Crippen LogP contribution in [0, 0.1) is 6.92 Å². The van der Waals surface area contributed by atoms with E-state index in [1.54, 1.807) is 12.1 Å². The van der Waals surface area contributed by atoms with E-state index in [1.165, 1.54) is 18.2 Å². The number of nitrogens with one attached hydrogen (secondary N) is 1. The first-order valence-electron chi connectivity index (χ1n) is 9.02. The molecule has 6 heteroatoms. The van der Waals surface area contributed by atoms with Crippen molar-refractivity contribution in [1.29, 1.82) is 0 Å². The number of carbonyl (C=O) groups excluding carboxylic acids is 1. The van der Waals surface area contributed by atoms with Crippen LogP contribution in [0.2, 0.25) is 5.02 Å². The predicted molar refractivity (Wildman–Crippen MR) is 108 cm³/mol. The van der Waals surface area contributed by atoms with Crippen LogP contribution >= 0.6 is 11.6 Å². The Morgan fingerprint density at radius 2 is 2.00 bits per heavy atom. The van der Waals surface area contributed by atoms with E-state index in [0.717, 1.165) is 12.8 Å². The molecule has 27 heavy (non-hydrogen) atoms. The number of halogens is 1. The van der Waals surface area contributed by atoms with Crippen LogP contribution in [0.25, 0.3) is 0 Å². The SMILES string of the molecule is COc1cc(N)c(Cl)cc1C(=O)NCC1(c2ccccc2C)CCOCC1. The van der Waals surface area contributed by atoms with Gasteiger partial charge in [0.1, 0.15) is 5.75 Å². The minimum Gasteiger partial charge on any atom is -0.496 e. The molecule has 0 radical (unpaired) electrons. The van der Waals surface area contributed by atoms with Crippen molar-refractivity contribution in [2.75, 3.05) is 32.6 Å². The lowest BCUT2D eigenvalue weighted by molar-refractivity contribution is 0.0485. The summed E-state index contributed by atoms with van der Waals surface area (Å²) in [6, 6.07) is 11.5. The first-order chi connectivity index (χ1) is 13.0. The second-order valence-electron chi connectivity index (χ2n) is 6.96. The molecule has 1 saturated heterocycles. The number of carbonyl (C=O) groups is 1. The summed E-state index contributed by atoms with van der Waals surface area (Å²) in [5, 5.41) is 3.42. The lowest BCUT2D eigenvalue weighted by Crippen LogP contribution is -2.45. The van der Waals surface area contributed by atoms with Crippen molar-refractivity contribution in [2.24, 2.45) is 0 Å². The van der Waals surface area contributed by atoms with Crippen molar-refractivity contribution >= 4 is 23.2 Å². The zero-order valence-electron chi connectivity index (χ0n) is 15.7. The van der Waals surface area contributed by atoms with E-state index >= 15 is 0 Å². The van der Waals surface area contributed by atoms with E-state index in [9.17, 15) is 4.79 Å². The number of nitrogens with two attached hydrogens (primary N) is 1. The van der Waals surface area contributed by atoms with Crippen molar-refractivity contribution in [3.05, 3.63) is 58.1 Å². The van der Waals surface area contributed by atoms with Crippen LogP contribution in [0.15, 0.2) is 36.4 Å². The standard InChI is InChI=1S/C21H25ClN2O3/c1-14-5-3-4-6-16(14)21(7-9-27-10-8-21)13-24-20(25)15-11-17(22)18(23)12-19(15)26-2/h3-6,11-12H,7-10,13,23H2,1-2H3,(H,24,25). The van der Waals surface area contributed by atoms with E-state index in [4.69, 9.17) is 26.8 Å². The van der Waals surface area contributed by atoms with E-state index in [1.807, 2.05) is 12.1 Å². The van der Waals surface area contributed by atoms with Crippen molar-refractivity contribution < 1.29 is 14.3 Å². The van der Waals surface area contributed by atoms with E-state index < -0.39 is 0 Å². The highest BCUT2D eigenvalue weighted by atomic mass is 35.5. The van der Waals surface area contributed by atoms with Gasteiger partial charge in [0.15, 0.2) is 0 Å². The largest absolute Gasteiger partial charge is 0.496 e. The quantitative estimate of drug-likeness (QED) is 0.765. The molecule has 1 fully saturated rings. The summed E-state index contributed by atoms with van der Waals surface area (Å²) in [6.07, 6.45) is 1.72. The first kappa shape index (κ1) is 19.5. The third-order valence-electron chi connectivity index (χ3n) is 5.32. The molecule has 0 bridgehead atoms. The molecule has 1 aliphatic rings. The fourth-order valence-corrected chi connectivity index (χ4v) is 3.90. The van der Waals surface area contributed by atoms with E-state index in [-0.39, 0.29) is 11.3 Å². The van der Waals surface area contributed by atoms with Gasteiger partial charge >= 0.3 is 0 Å². The number of hydrogen-bond acceptors (Lipinski definition) is 4. The van der Waals surface area contributed by atoms with Gasteiger partial charge in [-0.1, -0.05) is 35.9 Å². The summed E-state index contributed by atoms with van der Waals surface area (Å²) in [5.74, 6) is 0.180. The number of aryl methyl sites for hydroxylation is 1. The van der Waals surface area contributed by atoms with Crippen molar-refractivity contribution in [1.82, 2.24) is 5.32 Å². The van der Waals surface area contributed by atoms with Crippen LogP contribution in [-0.4, -0.2) is 32.8 Å². The van der Waals surface area contributed by atoms with Gasteiger partial charge < -0.3 is 20.5 Å². The van der Waals surface area contributed by atoms with Crippen LogP contribution in [0.4, 0.5) is 5.69 Å². The van der Waals surface area contributed by atoms with Gasteiger partial charge in [0.2, 0.25) is 0 Å². The number of benzene rings is 2.